The molecule has 2 atom stereocenters. The highest BCUT2D eigenvalue weighted by Crippen LogP contribution is 2.34. The monoisotopic (exact) mass is 514 g/mol. The van der Waals surface area contributed by atoms with Crippen molar-refractivity contribution in [3.63, 3.8) is 0 Å². The lowest BCUT2D eigenvalue weighted by atomic mass is 10.0. The van der Waals surface area contributed by atoms with Crippen LogP contribution in [0.4, 0.5) is 13.6 Å². The lowest BCUT2D eigenvalue weighted by Gasteiger charge is -2.33. The van der Waals surface area contributed by atoms with Gasteiger partial charge in [-0.05, 0) is 18.6 Å². The molecule has 32 heavy (non-hydrogen) atoms. The Balaban J connectivity index is 1.63. The molecule has 8 nitrogen and oxygen atoms in total. The quantitative estimate of drug-likeness (QED) is 0.486. The topological polar surface area (TPSA) is 113 Å². The normalized spacial score (nSPS) is 18.1. The maximum atomic E-state index is 14.6. The van der Waals surface area contributed by atoms with Crippen molar-refractivity contribution in [1.29, 1.82) is 0 Å². The number of carboxylic acid groups (broad SMARTS) is 1. The lowest BCUT2D eigenvalue weighted by molar-refractivity contribution is -0.0930. The van der Waals surface area contributed by atoms with E-state index >= 15 is 0 Å². The Hall–Kier alpha value is -2.79. The van der Waals surface area contributed by atoms with Crippen LogP contribution >= 0.6 is 15.9 Å². The third-order valence-electron chi connectivity index (χ3n) is 4.97. The van der Waals surface area contributed by atoms with Crippen LogP contribution in [0.25, 0.3) is 0 Å². The fourth-order valence-corrected chi connectivity index (χ4v) is 3.67. The average Bonchev–Trinajstić information content (AvgIpc) is 3.23. The minimum absolute atomic E-state index is 0.131. The summed E-state index contributed by atoms with van der Waals surface area (Å²) in [6.07, 6.45) is 0.807. The van der Waals surface area contributed by atoms with E-state index in [9.17, 15) is 23.5 Å². The van der Waals surface area contributed by atoms with Crippen molar-refractivity contribution in [2.45, 2.75) is 37.3 Å². The molecule has 1 aromatic carbocycles. The van der Waals surface area contributed by atoms with Gasteiger partial charge in [0.25, 0.3) is 0 Å². The molecule has 11 heteroatoms. The number of carbonyl (C=O) groups is 2. The van der Waals surface area contributed by atoms with Crippen LogP contribution in [0.5, 0.6) is 0 Å². The van der Waals surface area contributed by atoms with E-state index in [1.54, 1.807) is 6.07 Å². The number of hydrogen-bond acceptors (Lipinski definition) is 6. The predicted octanol–water partition coefficient (Wildman–Crippen LogP) is 3.99. The van der Waals surface area contributed by atoms with E-state index in [2.05, 4.69) is 21.1 Å². The molecule has 1 saturated heterocycles. The van der Waals surface area contributed by atoms with E-state index in [0.29, 0.717) is 29.5 Å². The zero-order valence-corrected chi connectivity index (χ0v) is 18.4. The zero-order chi connectivity index (χ0) is 23.3. The average molecular weight is 515 g/mol. The van der Waals surface area contributed by atoms with Gasteiger partial charge in [0.05, 0.1) is 12.6 Å². The number of cyclic esters (lactones) is 1. The summed E-state index contributed by atoms with van der Waals surface area (Å²) in [6, 6.07) is 6.29. The molecular formula is C21H21BrF2N2O6. The van der Waals surface area contributed by atoms with Gasteiger partial charge in [0.2, 0.25) is 0 Å². The summed E-state index contributed by atoms with van der Waals surface area (Å²) in [5, 5.41) is 22.4. The highest BCUT2D eigenvalue weighted by Gasteiger charge is 2.39. The number of rotatable bonds is 9. The molecule has 0 aliphatic carbocycles. The summed E-state index contributed by atoms with van der Waals surface area (Å²) < 4.78 is 39.7. The van der Waals surface area contributed by atoms with Crippen molar-refractivity contribution in [1.82, 2.24) is 10.1 Å². The second-order valence-corrected chi connectivity index (χ2v) is 8.13. The van der Waals surface area contributed by atoms with E-state index in [4.69, 9.17) is 14.4 Å². The molecule has 0 saturated carbocycles. The third-order valence-corrected chi connectivity index (χ3v) is 5.46. The maximum Gasteiger partial charge on any atom is 0.410 e. The van der Waals surface area contributed by atoms with Crippen molar-refractivity contribution in [2.24, 2.45) is 0 Å². The van der Waals surface area contributed by atoms with Gasteiger partial charge >= 0.3 is 18.0 Å². The standard InChI is InChI=1S/C21H21BrF2N2O6/c22-14-4-1-3-13(11-14)21(23,24)18(27)7-6-15-8-10-31-20(30)26(15)9-2-5-16-12-17(19(28)29)25-32-16/h1,3-4,6-7,11-12,15,18,27H,2,5,8-10H2,(H,28,29). The van der Waals surface area contributed by atoms with Crippen molar-refractivity contribution >= 4 is 28.0 Å². The summed E-state index contributed by atoms with van der Waals surface area (Å²) in [6.45, 7) is 0.349. The number of nitrogens with zero attached hydrogens (tertiary/aromatic N) is 2. The van der Waals surface area contributed by atoms with Gasteiger partial charge in [0.1, 0.15) is 11.9 Å². The molecule has 2 unspecified atom stereocenters. The van der Waals surface area contributed by atoms with Gasteiger partial charge in [-0.3, -0.25) is 0 Å². The second-order valence-electron chi connectivity index (χ2n) is 7.21. The number of alkyl halides is 2. The van der Waals surface area contributed by atoms with Crippen LogP contribution in [0.3, 0.4) is 0 Å². The first-order chi connectivity index (χ1) is 15.2. The Morgan fingerprint density at radius 1 is 1.41 bits per heavy atom. The number of benzene rings is 1. The highest BCUT2D eigenvalue weighted by atomic mass is 79.9. The number of halogens is 3. The summed E-state index contributed by atoms with van der Waals surface area (Å²) in [7, 11) is 0. The van der Waals surface area contributed by atoms with Crippen molar-refractivity contribution < 1.29 is 37.8 Å². The number of aliphatic hydroxyl groups excluding tert-OH is 1. The third kappa shape index (κ3) is 5.71. The molecule has 1 aliphatic heterocycles. The Labute approximate surface area is 190 Å². The second kappa shape index (κ2) is 10.2. The minimum atomic E-state index is -3.52. The van der Waals surface area contributed by atoms with E-state index in [1.807, 2.05) is 0 Å². The first-order valence-electron chi connectivity index (χ1n) is 9.81. The molecule has 0 radical (unpaired) electrons. The first kappa shape index (κ1) is 23.9. The van der Waals surface area contributed by atoms with Crippen molar-refractivity contribution in [2.75, 3.05) is 13.2 Å². The summed E-state index contributed by atoms with van der Waals surface area (Å²) in [4.78, 5) is 24.4. The fraction of sp³-hybridized carbons (Fsp3) is 0.381. The van der Waals surface area contributed by atoms with Crippen LogP contribution in [0.15, 0.2) is 51.5 Å². The van der Waals surface area contributed by atoms with Crippen LogP contribution in [0.1, 0.15) is 34.7 Å². The van der Waals surface area contributed by atoms with E-state index in [-0.39, 0.29) is 24.4 Å². The lowest BCUT2D eigenvalue weighted by Crippen LogP contribution is -2.45. The molecule has 1 fully saturated rings. The molecule has 172 valence electrons. The number of aryl methyl sites for hydroxylation is 1. The number of aromatic nitrogens is 1. The smallest absolute Gasteiger partial charge is 0.410 e. The van der Waals surface area contributed by atoms with Gasteiger partial charge in [0, 0.05) is 35.5 Å². The van der Waals surface area contributed by atoms with Crippen LogP contribution < -0.4 is 0 Å². The molecule has 2 heterocycles. The van der Waals surface area contributed by atoms with Gasteiger partial charge in [0.15, 0.2) is 5.69 Å². The number of hydrogen-bond donors (Lipinski definition) is 2. The Bertz CT molecular complexity index is 996. The van der Waals surface area contributed by atoms with Crippen LogP contribution in [-0.2, 0) is 17.1 Å². The van der Waals surface area contributed by atoms with E-state index < -0.39 is 30.1 Å². The molecule has 3 rings (SSSR count). The number of carboxylic acids is 1. The van der Waals surface area contributed by atoms with Crippen LogP contribution in [-0.4, -0.2) is 57.6 Å². The van der Waals surface area contributed by atoms with Gasteiger partial charge in [-0.2, -0.15) is 8.78 Å². The van der Waals surface area contributed by atoms with Gasteiger partial charge in [-0.15, -0.1) is 0 Å². The molecule has 1 aromatic heterocycles. The van der Waals surface area contributed by atoms with Gasteiger partial charge in [-0.25, -0.2) is 9.59 Å². The van der Waals surface area contributed by atoms with E-state index in [0.717, 1.165) is 6.08 Å². The molecule has 2 N–H and O–H groups in total. The molecule has 1 aliphatic rings. The van der Waals surface area contributed by atoms with Crippen molar-refractivity contribution in [3.05, 3.63) is 64.0 Å². The fourth-order valence-electron chi connectivity index (χ4n) is 3.27. The zero-order valence-electron chi connectivity index (χ0n) is 16.8. The number of aliphatic hydroxyl groups is 1. The van der Waals surface area contributed by atoms with Gasteiger partial charge in [-0.1, -0.05) is 45.4 Å². The number of carbonyl (C=O) groups excluding carboxylic acids is 1. The Morgan fingerprint density at radius 2 is 2.19 bits per heavy atom. The molecule has 1 amide bonds. The number of amides is 1. The van der Waals surface area contributed by atoms with Crippen LogP contribution in [0.2, 0.25) is 0 Å². The summed E-state index contributed by atoms with van der Waals surface area (Å²) in [5.74, 6) is -4.37. The molecular weight excluding hydrogens is 494 g/mol. The maximum absolute atomic E-state index is 14.6. The molecule has 0 spiro atoms. The van der Waals surface area contributed by atoms with Gasteiger partial charge < -0.3 is 24.4 Å². The van der Waals surface area contributed by atoms with E-state index in [1.165, 1.54) is 35.2 Å². The SMILES string of the molecule is O=C(O)c1cc(CCCN2C(=O)OCCC2C=CC(O)C(F)(F)c2cccc(Br)c2)on1. The Morgan fingerprint density at radius 3 is 2.88 bits per heavy atom. The first-order valence-corrected chi connectivity index (χ1v) is 10.6. The Kier molecular flexibility index (Phi) is 7.62. The van der Waals surface area contributed by atoms with Crippen LogP contribution in [0, 0.1) is 0 Å². The highest BCUT2D eigenvalue weighted by molar-refractivity contribution is 9.10. The predicted molar refractivity (Wildman–Crippen MR) is 111 cm³/mol. The summed E-state index contributed by atoms with van der Waals surface area (Å²) >= 11 is 3.14. The molecule has 2 aromatic rings. The minimum Gasteiger partial charge on any atom is -0.476 e. The number of aromatic carboxylic acids is 1. The number of ether oxygens (including phenoxy) is 1. The van der Waals surface area contributed by atoms with Crippen molar-refractivity contribution in [3.8, 4) is 0 Å². The largest absolute Gasteiger partial charge is 0.476 e. The molecule has 0 bridgehead atoms. The summed E-state index contributed by atoms with van der Waals surface area (Å²) in [5.41, 5.74) is -0.546.